The van der Waals surface area contributed by atoms with E-state index in [0.29, 0.717) is 12.0 Å². The third-order valence-electron chi connectivity index (χ3n) is 6.00. The van der Waals surface area contributed by atoms with Crippen LogP contribution in [-0.4, -0.2) is 61.4 Å². The zero-order valence-electron chi connectivity index (χ0n) is 17.3. The number of piperidine rings is 1. The number of rotatable bonds is 5. The van der Waals surface area contributed by atoms with Crippen LogP contribution in [0.1, 0.15) is 73.7 Å². The van der Waals surface area contributed by atoms with Crippen molar-refractivity contribution >= 4 is 5.91 Å². The fraction of sp³-hybridized carbons (Fsp3) is 0.667. The van der Waals surface area contributed by atoms with Gasteiger partial charge in [-0.15, -0.1) is 0 Å². The van der Waals surface area contributed by atoms with Gasteiger partial charge in [-0.2, -0.15) is 10.2 Å². The van der Waals surface area contributed by atoms with E-state index in [4.69, 9.17) is 5.10 Å². The Morgan fingerprint density at radius 1 is 1.21 bits per heavy atom. The third kappa shape index (κ3) is 3.85. The summed E-state index contributed by atoms with van der Waals surface area (Å²) in [4.78, 5) is 17.2. The van der Waals surface area contributed by atoms with Crippen LogP contribution in [0.25, 0.3) is 0 Å². The molecule has 4 rings (SSSR count). The van der Waals surface area contributed by atoms with Crippen LogP contribution in [0.5, 0.6) is 0 Å². The van der Waals surface area contributed by atoms with Crippen LogP contribution in [0.3, 0.4) is 0 Å². The third-order valence-corrected chi connectivity index (χ3v) is 6.00. The lowest BCUT2D eigenvalue weighted by molar-refractivity contribution is 0.0766. The second kappa shape index (κ2) is 8.07. The summed E-state index contributed by atoms with van der Waals surface area (Å²) in [6.45, 7) is 11.8. The van der Waals surface area contributed by atoms with Gasteiger partial charge >= 0.3 is 0 Å². The molecule has 0 aliphatic carbocycles. The summed E-state index contributed by atoms with van der Waals surface area (Å²) in [5, 5.41) is 9.32. The molecule has 7 nitrogen and oxygen atoms in total. The highest BCUT2D eigenvalue weighted by Crippen LogP contribution is 2.28. The highest BCUT2D eigenvalue weighted by Gasteiger charge is 2.28. The van der Waals surface area contributed by atoms with Crippen molar-refractivity contribution in [1.82, 2.24) is 29.4 Å². The number of fused-ring (bicyclic) bond motifs is 1. The van der Waals surface area contributed by atoms with Crippen LogP contribution >= 0.6 is 0 Å². The van der Waals surface area contributed by atoms with E-state index in [2.05, 4.69) is 36.1 Å². The van der Waals surface area contributed by atoms with Gasteiger partial charge in [0.15, 0.2) is 0 Å². The fourth-order valence-corrected chi connectivity index (χ4v) is 4.40. The average Bonchev–Trinajstić information content (AvgIpc) is 3.29. The summed E-state index contributed by atoms with van der Waals surface area (Å²) in [6.07, 6.45) is 7.43. The van der Waals surface area contributed by atoms with Crippen LogP contribution in [0.4, 0.5) is 0 Å². The van der Waals surface area contributed by atoms with Gasteiger partial charge in [-0.1, -0.05) is 0 Å². The van der Waals surface area contributed by atoms with E-state index in [1.165, 1.54) is 12.0 Å². The Kier molecular flexibility index (Phi) is 5.53. The van der Waals surface area contributed by atoms with Crippen molar-refractivity contribution in [3.05, 3.63) is 35.4 Å². The number of carbonyl (C=O) groups is 1. The maximum Gasteiger partial charge on any atom is 0.272 e. The number of carbonyl (C=O) groups excluding carboxylic acids is 1. The van der Waals surface area contributed by atoms with Crippen molar-refractivity contribution in [2.45, 2.75) is 65.1 Å². The van der Waals surface area contributed by atoms with Crippen molar-refractivity contribution < 1.29 is 4.79 Å². The van der Waals surface area contributed by atoms with Crippen molar-refractivity contribution in [3.8, 4) is 0 Å². The standard InChI is InChI=1S/C21H32N6O/c1-4-25-9-6-10-26-20(21(25)28)11-19(23-26)18-7-5-8-24(15-18)13-17-12-22-27(14-17)16(2)3/h11-12,14,16,18H,4-10,13,15H2,1-3H3. The Bertz CT molecular complexity index is 823. The Morgan fingerprint density at radius 2 is 2.07 bits per heavy atom. The normalized spacial score (nSPS) is 21.2. The molecule has 28 heavy (non-hydrogen) atoms. The molecule has 0 aromatic carbocycles. The van der Waals surface area contributed by atoms with Gasteiger partial charge in [-0.05, 0) is 52.6 Å². The van der Waals surface area contributed by atoms with E-state index in [0.717, 1.165) is 63.5 Å². The summed E-state index contributed by atoms with van der Waals surface area (Å²) in [5.74, 6) is 0.531. The first-order chi connectivity index (χ1) is 13.5. The summed E-state index contributed by atoms with van der Waals surface area (Å²) in [6, 6.07) is 2.45. The molecule has 2 aromatic heterocycles. The number of nitrogens with zero attached hydrogens (tertiary/aromatic N) is 6. The lowest BCUT2D eigenvalue weighted by Gasteiger charge is -2.31. The molecule has 1 unspecified atom stereocenters. The maximum absolute atomic E-state index is 12.8. The van der Waals surface area contributed by atoms with Gasteiger partial charge in [0.1, 0.15) is 5.69 Å². The van der Waals surface area contributed by atoms with Gasteiger partial charge in [-0.3, -0.25) is 19.1 Å². The molecule has 0 radical (unpaired) electrons. The Hall–Kier alpha value is -2.15. The second-order valence-electron chi connectivity index (χ2n) is 8.41. The summed E-state index contributed by atoms with van der Waals surface area (Å²) < 4.78 is 3.97. The number of hydrogen-bond acceptors (Lipinski definition) is 4. The van der Waals surface area contributed by atoms with Crippen molar-refractivity contribution in [3.63, 3.8) is 0 Å². The van der Waals surface area contributed by atoms with E-state index in [1.54, 1.807) is 0 Å². The highest BCUT2D eigenvalue weighted by molar-refractivity contribution is 5.93. The summed E-state index contributed by atoms with van der Waals surface area (Å²) in [7, 11) is 0. The smallest absolute Gasteiger partial charge is 0.272 e. The Morgan fingerprint density at radius 3 is 2.82 bits per heavy atom. The quantitative estimate of drug-likeness (QED) is 0.795. The molecule has 0 bridgehead atoms. The molecule has 2 aliphatic rings. The van der Waals surface area contributed by atoms with Gasteiger partial charge in [0.05, 0.1) is 11.9 Å². The van der Waals surface area contributed by atoms with Gasteiger partial charge in [0.25, 0.3) is 5.91 Å². The van der Waals surface area contributed by atoms with Crippen LogP contribution in [0.2, 0.25) is 0 Å². The number of likely N-dealkylation sites (tertiary alicyclic amines) is 1. The van der Waals surface area contributed by atoms with E-state index in [-0.39, 0.29) is 5.91 Å². The fourth-order valence-electron chi connectivity index (χ4n) is 4.40. The molecule has 0 spiro atoms. The van der Waals surface area contributed by atoms with E-state index >= 15 is 0 Å². The average molecular weight is 385 g/mol. The molecule has 152 valence electrons. The topological polar surface area (TPSA) is 59.2 Å². The monoisotopic (exact) mass is 384 g/mol. The minimum Gasteiger partial charge on any atom is -0.338 e. The van der Waals surface area contributed by atoms with Gasteiger partial charge in [0, 0.05) is 56.4 Å². The lowest BCUT2D eigenvalue weighted by atomic mass is 9.94. The van der Waals surface area contributed by atoms with Crippen LogP contribution < -0.4 is 0 Å². The van der Waals surface area contributed by atoms with Crippen LogP contribution in [-0.2, 0) is 13.1 Å². The van der Waals surface area contributed by atoms with Gasteiger partial charge in [-0.25, -0.2) is 0 Å². The zero-order valence-corrected chi connectivity index (χ0v) is 17.3. The minimum atomic E-state index is 0.132. The molecule has 1 atom stereocenters. The molecule has 0 saturated carbocycles. The van der Waals surface area contributed by atoms with E-state index < -0.39 is 0 Å². The van der Waals surface area contributed by atoms with Gasteiger partial charge in [0.2, 0.25) is 0 Å². The Balaban J connectivity index is 1.46. The number of amides is 1. The molecule has 0 N–H and O–H groups in total. The molecule has 1 saturated heterocycles. The zero-order chi connectivity index (χ0) is 19.7. The minimum absolute atomic E-state index is 0.132. The molecule has 2 aliphatic heterocycles. The van der Waals surface area contributed by atoms with Gasteiger partial charge < -0.3 is 4.90 Å². The first-order valence-electron chi connectivity index (χ1n) is 10.7. The Labute approximate surface area is 167 Å². The molecule has 7 heteroatoms. The predicted octanol–water partition coefficient (Wildman–Crippen LogP) is 2.91. The first kappa shape index (κ1) is 19.2. The van der Waals surface area contributed by atoms with E-state index in [1.807, 2.05) is 27.4 Å². The first-order valence-corrected chi connectivity index (χ1v) is 10.7. The van der Waals surface area contributed by atoms with E-state index in [9.17, 15) is 4.79 Å². The second-order valence-corrected chi connectivity index (χ2v) is 8.41. The predicted molar refractivity (Wildman–Crippen MR) is 108 cm³/mol. The molecular formula is C21H32N6O. The maximum atomic E-state index is 12.8. The largest absolute Gasteiger partial charge is 0.338 e. The molecule has 1 fully saturated rings. The molecule has 2 aromatic rings. The van der Waals surface area contributed by atoms with Crippen molar-refractivity contribution in [2.24, 2.45) is 0 Å². The number of aromatic nitrogens is 4. The number of hydrogen-bond donors (Lipinski definition) is 0. The van der Waals surface area contributed by atoms with Crippen LogP contribution in [0, 0.1) is 0 Å². The molecule has 4 heterocycles. The van der Waals surface area contributed by atoms with Crippen LogP contribution in [0.15, 0.2) is 18.5 Å². The lowest BCUT2D eigenvalue weighted by Crippen LogP contribution is -2.34. The SMILES string of the molecule is CCN1CCCn2nc(C3CCCN(Cc4cnn(C(C)C)c4)C3)cc2C1=O. The molecular weight excluding hydrogens is 352 g/mol. The molecule has 1 amide bonds. The summed E-state index contributed by atoms with van der Waals surface area (Å²) in [5.41, 5.74) is 3.12. The number of aryl methyl sites for hydroxylation is 1. The van der Waals surface area contributed by atoms with Crippen molar-refractivity contribution in [2.75, 3.05) is 26.2 Å². The summed E-state index contributed by atoms with van der Waals surface area (Å²) >= 11 is 0. The highest BCUT2D eigenvalue weighted by atomic mass is 16.2. The van der Waals surface area contributed by atoms with Crippen molar-refractivity contribution in [1.29, 1.82) is 0 Å².